The molecule has 0 heterocycles. The third kappa shape index (κ3) is 9.96. The molecular formula is C11H23O. The highest BCUT2D eigenvalue weighted by Crippen LogP contribution is 1.99. The Morgan fingerprint density at radius 1 is 1.00 bits per heavy atom. The summed E-state index contributed by atoms with van der Waals surface area (Å²) in [6.45, 7) is 6.27. The van der Waals surface area contributed by atoms with E-state index in [0.717, 1.165) is 19.6 Å². The van der Waals surface area contributed by atoms with Crippen molar-refractivity contribution in [2.24, 2.45) is 0 Å². The highest BCUT2D eigenvalue weighted by Gasteiger charge is 1.89. The highest BCUT2D eigenvalue weighted by molar-refractivity contribution is 4.59. The van der Waals surface area contributed by atoms with E-state index in [9.17, 15) is 0 Å². The van der Waals surface area contributed by atoms with Crippen LogP contribution in [-0.4, -0.2) is 13.2 Å². The lowest BCUT2D eigenvalue weighted by atomic mass is 10.2. The van der Waals surface area contributed by atoms with Gasteiger partial charge in [-0.3, -0.25) is 0 Å². The average molecular weight is 171 g/mol. The summed E-state index contributed by atoms with van der Waals surface area (Å²) in [4.78, 5) is 0. The van der Waals surface area contributed by atoms with Gasteiger partial charge in [-0.25, -0.2) is 0 Å². The molecule has 0 saturated heterocycles. The normalized spacial score (nSPS) is 10.5. The Kier molecular flexibility index (Phi) is 10.9. The predicted octanol–water partition coefficient (Wildman–Crippen LogP) is 3.59. The van der Waals surface area contributed by atoms with Crippen LogP contribution in [0.1, 0.15) is 52.4 Å². The maximum absolute atomic E-state index is 5.45. The molecule has 0 amide bonds. The molecule has 12 heavy (non-hydrogen) atoms. The van der Waals surface area contributed by atoms with Gasteiger partial charge in [0, 0.05) is 13.2 Å². The second-order valence-electron chi connectivity index (χ2n) is 3.16. The van der Waals surface area contributed by atoms with Crippen molar-refractivity contribution < 1.29 is 4.74 Å². The molecule has 0 spiro atoms. The minimum Gasteiger partial charge on any atom is -0.381 e. The molecule has 0 atom stereocenters. The Morgan fingerprint density at radius 3 is 2.50 bits per heavy atom. The van der Waals surface area contributed by atoms with Gasteiger partial charge in [-0.2, -0.15) is 0 Å². The van der Waals surface area contributed by atoms with Gasteiger partial charge < -0.3 is 4.74 Å². The highest BCUT2D eigenvalue weighted by atomic mass is 16.5. The van der Waals surface area contributed by atoms with Crippen molar-refractivity contribution in [3.8, 4) is 0 Å². The van der Waals surface area contributed by atoms with E-state index in [1.54, 1.807) is 0 Å². The van der Waals surface area contributed by atoms with Crippen molar-refractivity contribution >= 4 is 0 Å². The van der Waals surface area contributed by atoms with Crippen molar-refractivity contribution in [3.63, 3.8) is 0 Å². The van der Waals surface area contributed by atoms with E-state index >= 15 is 0 Å². The molecule has 0 unspecified atom stereocenters. The van der Waals surface area contributed by atoms with Crippen LogP contribution in [0.5, 0.6) is 0 Å². The molecule has 0 saturated carbocycles. The summed E-state index contributed by atoms with van der Waals surface area (Å²) in [5.41, 5.74) is 0. The molecule has 0 aromatic heterocycles. The second-order valence-corrected chi connectivity index (χ2v) is 3.16. The summed E-state index contributed by atoms with van der Waals surface area (Å²) in [5, 5.41) is 0. The maximum atomic E-state index is 5.45. The lowest BCUT2D eigenvalue weighted by Crippen LogP contribution is -1.96. The van der Waals surface area contributed by atoms with E-state index in [1.807, 2.05) is 0 Å². The minimum atomic E-state index is 0.917. The standard InChI is InChI=1S/C11H23O/c1-3-5-7-9-11-12-10-8-6-4-2/h6H,3-5,7-11H2,1-2H3. The summed E-state index contributed by atoms with van der Waals surface area (Å²) >= 11 is 0. The molecule has 0 aromatic rings. The van der Waals surface area contributed by atoms with E-state index in [1.165, 1.54) is 32.1 Å². The SMILES string of the molecule is CC[CH]CCOCCCCCC. The molecule has 0 fully saturated rings. The number of hydrogen-bond acceptors (Lipinski definition) is 1. The largest absolute Gasteiger partial charge is 0.381 e. The van der Waals surface area contributed by atoms with Crippen molar-refractivity contribution in [1.29, 1.82) is 0 Å². The van der Waals surface area contributed by atoms with Crippen LogP contribution in [0.3, 0.4) is 0 Å². The first-order valence-electron chi connectivity index (χ1n) is 5.31. The van der Waals surface area contributed by atoms with E-state index in [4.69, 9.17) is 4.74 Å². The maximum Gasteiger partial charge on any atom is 0.0468 e. The van der Waals surface area contributed by atoms with Gasteiger partial charge >= 0.3 is 0 Å². The first kappa shape index (κ1) is 12.0. The van der Waals surface area contributed by atoms with E-state index < -0.39 is 0 Å². The molecule has 0 N–H and O–H groups in total. The van der Waals surface area contributed by atoms with Crippen LogP contribution >= 0.6 is 0 Å². The number of unbranched alkanes of at least 4 members (excludes halogenated alkanes) is 5. The first-order valence-corrected chi connectivity index (χ1v) is 5.31. The fourth-order valence-electron chi connectivity index (χ4n) is 1.10. The summed E-state index contributed by atoms with van der Waals surface area (Å²) in [5.74, 6) is 0. The zero-order valence-electron chi connectivity index (χ0n) is 8.64. The fraction of sp³-hybridized carbons (Fsp3) is 0.909. The number of rotatable bonds is 9. The van der Waals surface area contributed by atoms with Gasteiger partial charge in [0.05, 0.1) is 0 Å². The Balaban J connectivity index is 2.73. The monoisotopic (exact) mass is 171 g/mol. The summed E-state index contributed by atoms with van der Waals surface area (Å²) < 4.78 is 5.45. The van der Waals surface area contributed by atoms with Crippen molar-refractivity contribution in [2.75, 3.05) is 13.2 Å². The second kappa shape index (κ2) is 11.0. The van der Waals surface area contributed by atoms with Gasteiger partial charge in [0.2, 0.25) is 0 Å². The molecule has 1 radical (unpaired) electrons. The molecule has 73 valence electrons. The van der Waals surface area contributed by atoms with Gasteiger partial charge in [0.1, 0.15) is 0 Å². The summed E-state index contributed by atoms with van der Waals surface area (Å²) in [6.07, 6.45) is 9.78. The number of ether oxygens (including phenoxy) is 1. The van der Waals surface area contributed by atoms with Crippen LogP contribution in [0.25, 0.3) is 0 Å². The molecule has 0 aromatic carbocycles. The molecule has 0 aliphatic heterocycles. The third-order valence-electron chi connectivity index (χ3n) is 1.90. The molecule has 0 bridgehead atoms. The lowest BCUT2D eigenvalue weighted by molar-refractivity contribution is 0.132. The van der Waals surface area contributed by atoms with E-state index in [0.29, 0.717) is 0 Å². The van der Waals surface area contributed by atoms with Crippen LogP contribution in [0.4, 0.5) is 0 Å². The van der Waals surface area contributed by atoms with Gasteiger partial charge in [-0.1, -0.05) is 39.5 Å². The van der Waals surface area contributed by atoms with Crippen LogP contribution in [0, 0.1) is 6.42 Å². The Hall–Kier alpha value is -0.0400. The first-order chi connectivity index (χ1) is 5.91. The zero-order valence-corrected chi connectivity index (χ0v) is 8.64. The molecular weight excluding hydrogens is 148 g/mol. The van der Waals surface area contributed by atoms with Gasteiger partial charge in [0.15, 0.2) is 0 Å². The third-order valence-corrected chi connectivity index (χ3v) is 1.90. The van der Waals surface area contributed by atoms with Crippen molar-refractivity contribution in [3.05, 3.63) is 6.42 Å². The molecule has 0 rings (SSSR count). The molecule has 1 nitrogen and oxygen atoms in total. The smallest absolute Gasteiger partial charge is 0.0468 e. The zero-order chi connectivity index (χ0) is 9.07. The number of hydrogen-bond donors (Lipinski definition) is 0. The lowest BCUT2D eigenvalue weighted by Gasteiger charge is -2.02. The Bertz CT molecular complexity index is 61.4. The Morgan fingerprint density at radius 2 is 1.83 bits per heavy atom. The van der Waals surface area contributed by atoms with Gasteiger partial charge in [0.25, 0.3) is 0 Å². The molecule has 0 aliphatic carbocycles. The minimum absolute atomic E-state index is 0.917. The van der Waals surface area contributed by atoms with Crippen LogP contribution in [-0.2, 0) is 4.74 Å². The van der Waals surface area contributed by atoms with Gasteiger partial charge in [-0.05, 0) is 19.3 Å². The van der Waals surface area contributed by atoms with Crippen LogP contribution in [0.2, 0.25) is 0 Å². The summed E-state index contributed by atoms with van der Waals surface area (Å²) in [6, 6.07) is 0. The topological polar surface area (TPSA) is 9.23 Å². The van der Waals surface area contributed by atoms with Crippen molar-refractivity contribution in [1.82, 2.24) is 0 Å². The van der Waals surface area contributed by atoms with Gasteiger partial charge in [-0.15, -0.1) is 0 Å². The van der Waals surface area contributed by atoms with Crippen molar-refractivity contribution in [2.45, 2.75) is 52.4 Å². The summed E-state index contributed by atoms with van der Waals surface area (Å²) in [7, 11) is 0. The molecule has 0 aliphatic rings. The Labute approximate surface area is 77.5 Å². The fourth-order valence-corrected chi connectivity index (χ4v) is 1.10. The quantitative estimate of drug-likeness (QED) is 0.482. The predicted molar refractivity (Wildman–Crippen MR) is 54.2 cm³/mol. The van der Waals surface area contributed by atoms with Crippen LogP contribution < -0.4 is 0 Å². The van der Waals surface area contributed by atoms with Crippen LogP contribution in [0.15, 0.2) is 0 Å². The van der Waals surface area contributed by atoms with E-state index in [2.05, 4.69) is 20.3 Å². The van der Waals surface area contributed by atoms with E-state index in [-0.39, 0.29) is 0 Å². The average Bonchev–Trinajstić information content (AvgIpc) is 2.10. The molecule has 1 heteroatoms.